The van der Waals surface area contributed by atoms with Gasteiger partial charge in [0.05, 0.1) is 11.3 Å². The minimum atomic E-state index is 0.133. The van der Waals surface area contributed by atoms with Crippen LogP contribution in [0.3, 0.4) is 0 Å². The summed E-state index contributed by atoms with van der Waals surface area (Å²) in [5, 5.41) is 1.06. The zero-order chi connectivity index (χ0) is 14.7. The minimum absolute atomic E-state index is 0.133. The fourth-order valence-corrected chi connectivity index (χ4v) is 2.90. The molecule has 0 radical (unpaired) electrons. The predicted octanol–water partition coefficient (Wildman–Crippen LogP) is 4.52. The van der Waals surface area contributed by atoms with Gasteiger partial charge in [-0.3, -0.25) is 9.78 Å². The highest BCUT2D eigenvalue weighted by Gasteiger charge is 2.08. The molecule has 0 saturated heterocycles. The molecule has 104 valence electrons. The third kappa shape index (κ3) is 3.31. The van der Waals surface area contributed by atoms with Gasteiger partial charge in [0.1, 0.15) is 0 Å². The molecule has 21 heavy (non-hydrogen) atoms. The minimum Gasteiger partial charge on any atom is -0.293 e. The number of aryl methyl sites for hydroxylation is 1. The molecule has 2 nitrogen and oxygen atoms in total. The van der Waals surface area contributed by atoms with Crippen molar-refractivity contribution in [3.05, 3.63) is 71.9 Å². The van der Waals surface area contributed by atoms with Crippen LogP contribution in [0.25, 0.3) is 10.9 Å². The summed E-state index contributed by atoms with van der Waals surface area (Å²) in [6.07, 6.45) is 1.75. The maximum Gasteiger partial charge on any atom is 0.173 e. The molecule has 0 saturated carbocycles. The quantitative estimate of drug-likeness (QED) is 0.523. The molecule has 0 aliphatic rings. The lowest BCUT2D eigenvalue weighted by molar-refractivity contribution is 0.102. The summed E-state index contributed by atoms with van der Waals surface area (Å²) in [6, 6.07) is 17.8. The Bertz CT molecular complexity index is 781. The van der Waals surface area contributed by atoms with Crippen molar-refractivity contribution in [2.45, 2.75) is 11.8 Å². The first-order valence-corrected chi connectivity index (χ1v) is 7.78. The fourth-order valence-electron chi connectivity index (χ4n) is 2.11. The number of Topliss-reactive ketones (excluding diaryl/α,β-unsaturated/α-hetero) is 1. The van der Waals surface area contributed by atoms with E-state index < -0.39 is 0 Å². The highest BCUT2D eigenvalue weighted by atomic mass is 32.2. The van der Waals surface area contributed by atoms with Gasteiger partial charge in [-0.2, -0.15) is 0 Å². The highest BCUT2D eigenvalue weighted by molar-refractivity contribution is 8.00. The van der Waals surface area contributed by atoms with Crippen LogP contribution in [0.4, 0.5) is 0 Å². The molecule has 0 bridgehead atoms. The molecule has 1 heterocycles. The standard InChI is InChI=1S/C18H15NOS/c1-13-4-8-16(9-5-13)21-12-18(20)15-7-6-14-3-2-10-19-17(14)11-15/h2-11H,12H2,1H3. The zero-order valence-electron chi connectivity index (χ0n) is 11.7. The number of hydrogen-bond donors (Lipinski definition) is 0. The van der Waals surface area contributed by atoms with Crippen molar-refractivity contribution in [2.75, 3.05) is 5.75 Å². The second kappa shape index (κ2) is 6.10. The van der Waals surface area contributed by atoms with E-state index >= 15 is 0 Å². The van der Waals surface area contributed by atoms with Gasteiger partial charge < -0.3 is 0 Å². The van der Waals surface area contributed by atoms with Crippen LogP contribution in [-0.4, -0.2) is 16.5 Å². The number of nitrogens with zero attached hydrogens (tertiary/aromatic N) is 1. The molecule has 0 amide bonds. The number of carbonyl (C=O) groups is 1. The molecule has 3 heteroatoms. The van der Waals surface area contributed by atoms with E-state index in [0.29, 0.717) is 5.75 Å². The first-order chi connectivity index (χ1) is 10.2. The van der Waals surface area contributed by atoms with Gasteiger partial charge in [-0.05, 0) is 31.2 Å². The Morgan fingerprint density at radius 3 is 2.71 bits per heavy atom. The zero-order valence-corrected chi connectivity index (χ0v) is 12.6. The average molecular weight is 293 g/mol. The van der Waals surface area contributed by atoms with E-state index in [-0.39, 0.29) is 5.78 Å². The van der Waals surface area contributed by atoms with Crippen LogP contribution in [0.2, 0.25) is 0 Å². The van der Waals surface area contributed by atoms with Crippen LogP contribution in [0, 0.1) is 6.92 Å². The summed E-state index contributed by atoms with van der Waals surface area (Å²) in [5.41, 5.74) is 2.82. The average Bonchev–Trinajstić information content (AvgIpc) is 2.53. The molecular weight excluding hydrogens is 278 g/mol. The molecule has 0 aliphatic heterocycles. The molecule has 0 atom stereocenters. The molecule has 0 N–H and O–H groups in total. The summed E-state index contributed by atoms with van der Waals surface area (Å²) in [6.45, 7) is 2.06. The van der Waals surface area contributed by atoms with Crippen LogP contribution in [0.1, 0.15) is 15.9 Å². The highest BCUT2D eigenvalue weighted by Crippen LogP contribution is 2.21. The summed E-state index contributed by atoms with van der Waals surface area (Å²) >= 11 is 1.57. The number of thioether (sulfide) groups is 1. The van der Waals surface area contributed by atoms with E-state index in [4.69, 9.17) is 0 Å². The van der Waals surface area contributed by atoms with Crippen molar-refractivity contribution in [3.63, 3.8) is 0 Å². The Kier molecular flexibility index (Phi) is 4.02. The molecule has 2 aromatic carbocycles. The SMILES string of the molecule is Cc1ccc(SCC(=O)c2ccc3cccnc3c2)cc1. The largest absolute Gasteiger partial charge is 0.293 e. The normalized spacial score (nSPS) is 10.7. The molecule has 1 aromatic heterocycles. The van der Waals surface area contributed by atoms with Gasteiger partial charge in [0.15, 0.2) is 5.78 Å². The number of rotatable bonds is 4. The van der Waals surface area contributed by atoms with Crippen molar-refractivity contribution >= 4 is 28.4 Å². The Morgan fingerprint density at radius 2 is 1.90 bits per heavy atom. The van der Waals surface area contributed by atoms with Crippen LogP contribution in [0.15, 0.2) is 65.7 Å². The van der Waals surface area contributed by atoms with Gasteiger partial charge in [-0.15, -0.1) is 11.8 Å². The van der Waals surface area contributed by atoms with Crippen LogP contribution < -0.4 is 0 Å². The number of benzene rings is 2. The Balaban J connectivity index is 1.73. The van der Waals surface area contributed by atoms with Gasteiger partial charge in [0, 0.05) is 22.0 Å². The number of carbonyl (C=O) groups excluding carboxylic acids is 1. The maximum absolute atomic E-state index is 12.3. The lowest BCUT2D eigenvalue weighted by Gasteiger charge is -2.04. The molecule has 0 fully saturated rings. The number of hydrogen-bond acceptors (Lipinski definition) is 3. The van der Waals surface area contributed by atoms with Crippen LogP contribution >= 0.6 is 11.8 Å². The van der Waals surface area contributed by atoms with Gasteiger partial charge in [0.25, 0.3) is 0 Å². The van der Waals surface area contributed by atoms with E-state index in [9.17, 15) is 4.79 Å². The summed E-state index contributed by atoms with van der Waals surface area (Å²) in [4.78, 5) is 17.7. The molecule has 0 aliphatic carbocycles. The van der Waals surface area contributed by atoms with Crippen molar-refractivity contribution in [1.82, 2.24) is 4.98 Å². The van der Waals surface area contributed by atoms with Gasteiger partial charge >= 0.3 is 0 Å². The molecule has 3 aromatic rings. The van der Waals surface area contributed by atoms with Gasteiger partial charge in [-0.1, -0.05) is 35.9 Å². The molecule has 0 unspecified atom stereocenters. The van der Waals surface area contributed by atoms with E-state index in [1.807, 2.05) is 30.3 Å². The van der Waals surface area contributed by atoms with Gasteiger partial charge in [-0.25, -0.2) is 0 Å². The topological polar surface area (TPSA) is 30.0 Å². The van der Waals surface area contributed by atoms with Crippen molar-refractivity contribution in [3.8, 4) is 0 Å². The Labute approximate surface area is 128 Å². The second-order valence-electron chi connectivity index (χ2n) is 4.94. The predicted molar refractivity (Wildman–Crippen MR) is 88.0 cm³/mol. The summed E-state index contributed by atoms with van der Waals surface area (Å²) < 4.78 is 0. The molecule has 0 spiro atoms. The third-order valence-corrected chi connectivity index (χ3v) is 4.33. The first kappa shape index (κ1) is 13.8. The lowest BCUT2D eigenvalue weighted by Crippen LogP contribution is -2.02. The van der Waals surface area contributed by atoms with Crippen LogP contribution in [0.5, 0.6) is 0 Å². The number of pyridine rings is 1. The summed E-state index contributed by atoms with van der Waals surface area (Å²) in [5.74, 6) is 0.578. The van der Waals surface area contributed by atoms with Crippen molar-refractivity contribution in [2.24, 2.45) is 0 Å². The first-order valence-electron chi connectivity index (χ1n) is 6.80. The van der Waals surface area contributed by atoms with E-state index in [1.54, 1.807) is 18.0 Å². The second-order valence-corrected chi connectivity index (χ2v) is 5.98. The number of fused-ring (bicyclic) bond motifs is 1. The molecule has 3 rings (SSSR count). The van der Waals surface area contributed by atoms with E-state index in [2.05, 4.69) is 36.2 Å². The van der Waals surface area contributed by atoms with Crippen molar-refractivity contribution < 1.29 is 4.79 Å². The van der Waals surface area contributed by atoms with Gasteiger partial charge in [0.2, 0.25) is 0 Å². The Hall–Kier alpha value is -2.13. The van der Waals surface area contributed by atoms with Crippen molar-refractivity contribution in [1.29, 1.82) is 0 Å². The van der Waals surface area contributed by atoms with Crippen LogP contribution in [-0.2, 0) is 0 Å². The molecular formula is C18H15NOS. The Morgan fingerprint density at radius 1 is 1.10 bits per heavy atom. The number of aromatic nitrogens is 1. The van der Waals surface area contributed by atoms with E-state index in [0.717, 1.165) is 21.4 Å². The third-order valence-electron chi connectivity index (χ3n) is 3.32. The monoisotopic (exact) mass is 293 g/mol. The maximum atomic E-state index is 12.3. The smallest absolute Gasteiger partial charge is 0.173 e. The fraction of sp³-hybridized carbons (Fsp3) is 0.111. The summed E-state index contributed by atoms with van der Waals surface area (Å²) in [7, 11) is 0. The lowest BCUT2D eigenvalue weighted by atomic mass is 10.1. The van der Waals surface area contributed by atoms with E-state index in [1.165, 1.54) is 5.56 Å². The number of ketones is 1.